The number of ether oxygens (including phenoxy) is 1. The summed E-state index contributed by atoms with van der Waals surface area (Å²) in [4.78, 5) is 6.28. The molecule has 0 bridgehead atoms. The summed E-state index contributed by atoms with van der Waals surface area (Å²) in [5.74, 6) is 0. The fraction of sp³-hybridized carbons (Fsp3) is 0.500. The van der Waals surface area contributed by atoms with Gasteiger partial charge in [-0.3, -0.25) is 4.98 Å². The predicted molar refractivity (Wildman–Crippen MR) is 50.4 cm³/mol. The Labute approximate surface area is 78.3 Å². The molecule has 1 aliphatic rings. The molecule has 0 saturated carbocycles. The van der Waals surface area contributed by atoms with Gasteiger partial charge in [-0.25, -0.2) is 0 Å². The molecule has 70 valence electrons. The minimum Gasteiger partial charge on any atom is -0.371 e. The number of likely N-dealkylation sites (N-methyl/N-ethyl adjacent to an activating group) is 1. The van der Waals surface area contributed by atoms with E-state index >= 15 is 0 Å². The molecule has 1 unspecified atom stereocenters. The van der Waals surface area contributed by atoms with E-state index in [1.54, 1.807) is 0 Å². The Bertz CT molecular complexity index is 263. The Morgan fingerprint density at radius 1 is 1.46 bits per heavy atom. The molecule has 13 heavy (non-hydrogen) atoms. The maximum absolute atomic E-state index is 5.66. The molecule has 1 saturated heterocycles. The topological polar surface area (TPSA) is 25.4 Å². The van der Waals surface area contributed by atoms with Crippen molar-refractivity contribution >= 4 is 0 Å². The van der Waals surface area contributed by atoms with E-state index in [4.69, 9.17) is 4.74 Å². The summed E-state index contributed by atoms with van der Waals surface area (Å²) in [5.41, 5.74) is 1.22. The van der Waals surface area contributed by atoms with Gasteiger partial charge >= 0.3 is 0 Å². The highest BCUT2D eigenvalue weighted by molar-refractivity contribution is 5.14. The highest BCUT2D eigenvalue weighted by atomic mass is 16.5. The van der Waals surface area contributed by atoms with Gasteiger partial charge in [-0.2, -0.15) is 0 Å². The summed E-state index contributed by atoms with van der Waals surface area (Å²) in [7, 11) is 2.12. The quantitative estimate of drug-likeness (QED) is 0.643. The van der Waals surface area contributed by atoms with Crippen molar-refractivity contribution in [3.63, 3.8) is 0 Å². The molecule has 3 nitrogen and oxygen atoms in total. The molecule has 0 spiro atoms. The van der Waals surface area contributed by atoms with Crippen LogP contribution in [0.15, 0.2) is 24.5 Å². The maximum Gasteiger partial charge on any atom is 0.0953 e. The van der Waals surface area contributed by atoms with Crippen LogP contribution in [0.2, 0.25) is 0 Å². The Morgan fingerprint density at radius 3 is 2.92 bits per heavy atom. The van der Waals surface area contributed by atoms with E-state index in [0.29, 0.717) is 0 Å². The molecule has 1 aromatic rings. The summed E-state index contributed by atoms with van der Waals surface area (Å²) < 4.78 is 5.66. The number of hydrogen-bond donors (Lipinski definition) is 0. The summed E-state index contributed by atoms with van der Waals surface area (Å²) in [6.45, 7) is 2.83. The predicted octanol–water partition coefficient (Wildman–Crippen LogP) is 1.08. The Kier molecular flexibility index (Phi) is 2.57. The van der Waals surface area contributed by atoms with Crippen molar-refractivity contribution in [3.8, 4) is 0 Å². The summed E-state index contributed by atoms with van der Waals surface area (Å²) >= 11 is 0. The first kappa shape index (κ1) is 8.66. The van der Waals surface area contributed by atoms with Gasteiger partial charge in [-0.05, 0) is 24.7 Å². The van der Waals surface area contributed by atoms with Crippen LogP contribution in [0.5, 0.6) is 0 Å². The molecule has 0 aromatic carbocycles. The zero-order chi connectivity index (χ0) is 9.10. The van der Waals surface area contributed by atoms with Gasteiger partial charge in [-0.1, -0.05) is 0 Å². The Balaban J connectivity index is 2.08. The van der Waals surface area contributed by atoms with E-state index in [0.717, 1.165) is 19.7 Å². The third kappa shape index (κ3) is 2.05. The second-order valence-corrected chi connectivity index (χ2v) is 3.40. The smallest absolute Gasteiger partial charge is 0.0953 e. The van der Waals surface area contributed by atoms with Crippen molar-refractivity contribution in [3.05, 3.63) is 30.1 Å². The lowest BCUT2D eigenvalue weighted by atomic mass is 10.1. The van der Waals surface area contributed by atoms with Gasteiger partial charge < -0.3 is 9.64 Å². The third-order valence-electron chi connectivity index (χ3n) is 2.35. The second kappa shape index (κ2) is 3.85. The number of nitrogens with zero attached hydrogens (tertiary/aromatic N) is 2. The first-order valence-electron chi connectivity index (χ1n) is 4.56. The number of rotatable bonds is 1. The van der Waals surface area contributed by atoms with Gasteiger partial charge in [0, 0.05) is 25.5 Å². The van der Waals surface area contributed by atoms with Crippen LogP contribution in [0.25, 0.3) is 0 Å². The van der Waals surface area contributed by atoms with Crippen LogP contribution in [0.3, 0.4) is 0 Å². The van der Waals surface area contributed by atoms with Gasteiger partial charge in [-0.15, -0.1) is 0 Å². The van der Waals surface area contributed by atoms with Crippen molar-refractivity contribution in [1.29, 1.82) is 0 Å². The van der Waals surface area contributed by atoms with Gasteiger partial charge in [0.15, 0.2) is 0 Å². The standard InChI is InChI=1S/C10H14N2O/c1-12-6-7-13-10(8-12)9-2-4-11-5-3-9/h2-5,10H,6-8H2,1H3. The number of pyridine rings is 1. The molecular weight excluding hydrogens is 164 g/mol. The molecular formula is C10H14N2O. The molecule has 0 N–H and O–H groups in total. The molecule has 1 fully saturated rings. The second-order valence-electron chi connectivity index (χ2n) is 3.40. The zero-order valence-corrected chi connectivity index (χ0v) is 7.81. The van der Waals surface area contributed by atoms with Crippen LogP contribution in [0.4, 0.5) is 0 Å². The van der Waals surface area contributed by atoms with Crippen molar-refractivity contribution in [1.82, 2.24) is 9.88 Å². The molecule has 2 heterocycles. The van der Waals surface area contributed by atoms with Gasteiger partial charge in [0.2, 0.25) is 0 Å². The van der Waals surface area contributed by atoms with Gasteiger partial charge in [0.25, 0.3) is 0 Å². The fourth-order valence-electron chi connectivity index (χ4n) is 1.56. The average molecular weight is 178 g/mol. The van der Waals surface area contributed by atoms with Crippen LogP contribution in [0.1, 0.15) is 11.7 Å². The molecule has 3 heteroatoms. The van der Waals surface area contributed by atoms with E-state index in [2.05, 4.69) is 16.9 Å². The molecule has 1 aliphatic heterocycles. The van der Waals surface area contributed by atoms with Gasteiger partial charge in [0.1, 0.15) is 0 Å². The van der Waals surface area contributed by atoms with E-state index in [1.165, 1.54) is 5.56 Å². The summed E-state index contributed by atoms with van der Waals surface area (Å²) in [5, 5.41) is 0. The molecule has 1 aromatic heterocycles. The van der Waals surface area contributed by atoms with Crippen LogP contribution in [-0.4, -0.2) is 36.6 Å². The lowest BCUT2D eigenvalue weighted by Gasteiger charge is -2.30. The average Bonchev–Trinajstić information content (AvgIpc) is 2.19. The van der Waals surface area contributed by atoms with E-state index in [1.807, 2.05) is 24.5 Å². The fourth-order valence-corrected chi connectivity index (χ4v) is 1.56. The summed E-state index contributed by atoms with van der Waals surface area (Å²) in [6.07, 6.45) is 3.85. The van der Waals surface area contributed by atoms with Crippen LogP contribution >= 0.6 is 0 Å². The van der Waals surface area contributed by atoms with Crippen LogP contribution in [0, 0.1) is 0 Å². The van der Waals surface area contributed by atoms with E-state index < -0.39 is 0 Å². The summed E-state index contributed by atoms with van der Waals surface area (Å²) in [6, 6.07) is 4.04. The Hall–Kier alpha value is -0.930. The lowest BCUT2D eigenvalue weighted by Crippen LogP contribution is -2.35. The first-order valence-corrected chi connectivity index (χ1v) is 4.56. The van der Waals surface area contributed by atoms with Gasteiger partial charge in [0.05, 0.1) is 12.7 Å². The molecule has 0 aliphatic carbocycles. The van der Waals surface area contributed by atoms with Crippen molar-refractivity contribution in [2.75, 3.05) is 26.7 Å². The minimum atomic E-state index is 0.224. The van der Waals surface area contributed by atoms with Crippen LogP contribution < -0.4 is 0 Å². The number of aromatic nitrogens is 1. The number of hydrogen-bond acceptors (Lipinski definition) is 3. The lowest BCUT2D eigenvalue weighted by molar-refractivity contribution is -0.0209. The largest absolute Gasteiger partial charge is 0.371 e. The van der Waals surface area contributed by atoms with E-state index in [-0.39, 0.29) is 6.10 Å². The monoisotopic (exact) mass is 178 g/mol. The van der Waals surface area contributed by atoms with Crippen molar-refractivity contribution < 1.29 is 4.74 Å². The van der Waals surface area contributed by atoms with Crippen molar-refractivity contribution in [2.24, 2.45) is 0 Å². The highest BCUT2D eigenvalue weighted by Crippen LogP contribution is 2.20. The molecule has 0 amide bonds. The third-order valence-corrected chi connectivity index (χ3v) is 2.35. The highest BCUT2D eigenvalue weighted by Gasteiger charge is 2.18. The molecule has 1 atom stereocenters. The first-order chi connectivity index (χ1) is 6.36. The Morgan fingerprint density at radius 2 is 2.23 bits per heavy atom. The van der Waals surface area contributed by atoms with E-state index in [9.17, 15) is 0 Å². The maximum atomic E-state index is 5.66. The SMILES string of the molecule is CN1CCOC(c2ccncc2)C1. The number of morpholine rings is 1. The zero-order valence-electron chi connectivity index (χ0n) is 7.81. The van der Waals surface area contributed by atoms with Crippen LogP contribution in [-0.2, 0) is 4.74 Å². The molecule has 0 radical (unpaired) electrons. The normalized spacial score (nSPS) is 24.5. The minimum absolute atomic E-state index is 0.224. The molecule has 2 rings (SSSR count). The van der Waals surface area contributed by atoms with Crippen molar-refractivity contribution in [2.45, 2.75) is 6.10 Å².